The SMILES string of the molecule is COc1cccc(CN(Cc2ccco2)[C@@H](c2cc3cc(C)c(C)cc3[nH]c2=O)c2nnnn2CCc2ccccc2)c1. The van der Waals surface area contributed by atoms with Gasteiger partial charge in [-0.25, -0.2) is 4.68 Å². The Morgan fingerprint density at radius 2 is 1.74 bits per heavy atom. The summed E-state index contributed by atoms with van der Waals surface area (Å²) >= 11 is 0. The fourth-order valence-electron chi connectivity index (χ4n) is 5.49. The molecule has 0 aliphatic rings. The van der Waals surface area contributed by atoms with Crippen LogP contribution in [0.4, 0.5) is 0 Å². The highest BCUT2D eigenvalue weighted by molar-refractivity contribution is 5.81. The van der Waals surface area contributed by atoms with E-state index in [1.807, 2.05) is 78.3 Å². The Balaban J connectivity index is 1.49. The van der Waals surface area contributed by atoms with Gasteiger partial charge in [0.15, 0.2) is 5.82 Å². The second-order valence-corrected chi connectivity index (χ2v) is 10.8. The summed E-state index contributed by atoms with van der Waals surface area (Å²) in [4.78, 5) is 19.2. The van der Waals surface area contributed by atoms with E-state index in [1.165, 1.54) is 5.56 Å². The van der Waals surface area contributed by atoms with Gasteiger partial charge < -0.3 is 14.1 Å². The van der Waals surface area contributed by atoms with Crippen LogP contribution in [-0.4, -0.2) is 37.2 Å². The number of H-pyrrole nitrogens is 1. The van der Waals surface area contributed by atoms with Crippen molar-refractivity contribution in [2.45, 2.75) is 45.9 Å². The summed E-state index contributed by atoms with van der Waals surface area (Å²) in [6.07, 6.45) is 2.40. The third-order valence-electron chi connectivity index (χ3n) is 7.87. The summed E-state index contributed by atoms with van der Waals surface area (Å²) in [7, 11) is 1.65. The first-order chi connectivity index (χ1) is 21.0. The zero-order chi connectivity index (χ0) is 29.8. The van der Waals surface area contributed by atoms with E-state index in [2.05, 4.69) is 50.5 Å². The minimum atomic E-state index is -0.586. The average molecular weight is 575 g/mol. The number of aromatic nitrogens is 5. The molecule has 0 saturated carbocycles. The second-order valence-electron chi connectivity index (χ2n) is 10.8. The molecule has 0 radical (unpaired) electrons. The third-order valence-corrected chi connectivity index (χ3v) is 7.87. The third kappa shape index (κ3) is 6.27. The highest BCUT2D eigenvalue weighted by Crippen LogP contribution is 2.31. The molecule has 6 aromatic rings. The fourth-order valence-corrected chi connectivity index (χ4v) is 5.49. The minimum absolute atomic E-state index is 0.187. The molecule has 0 bridgehead atoms. The van der Waals surface area contributed by atoms with Crippen LogP contribution in [0.15, 0.2) is 100 Å². The summed E-state index contributed by atoms with van der Waals surface area (Å²) < 4.78 is 13.1. The van der Waals surface area contributed by atoms with E-state index >= 15 is 0 Å². The number of furan rings is 1. The summed E-state index contributed by atoms with van der Waals surface area (Å²) in [5.41, 5.74) is 5.63. The maximum atomic E-state index is 13.9. The van der Waals surface area contributed by atoms with Crippen LogP contribution in [0.1, 0.15) is 45.4 Å². The Kier molecular flexibility index (Phi) is 8.15. The summed E-state index contributed by atoms with van der Waals surface area (Å²) in [5.74, 6) is 2.10. The van der Waals surface area contributed by atoms with Gasteiger partial charge in [0.25, 0.3) is 5.56 Å². The van der Waals surface area contributed by atoms with E-state index in [4.69, 9.17) is 9.15 Å². The molecule has 0 saturated heterocycles. The smallest absolute Gasteiger partial charge is 0.253 e. The topological polar surface area (TPSA) is 102 Å². The number of nitrogens with one attached hydrogen (secondary N) is 1. The van der Waals surface area contributed by atoms with E-state index in [-0.39, 0.29) is 5.56 Å². The molecule has 6 rings (SSSR count). The minimum Gasteiger partial charge on any atom is -0.497 e. The number of aryl methyl sites for hydroxylation is 4. The molecule has 1 N–H and O–H groups in total. The second kappa shape index (κ2) is 12.5. The first-order valence-electron chi connectivity index (χ1n) is 14.3. The highest BCUT2D eigenvalue weighted by Gasteiger charge is 2.31. The lowest BCUT2D eigenvalue weighted by Gasteiger charge is -2.30. The number of aromatic amines is 1. The Labute approximate surface area is 249 Å². The van der Waals surface area contributed by atoms with E-state index < -0.39 is 6.04 Å². The van der Waals surface area contributed by atoms with Crippen molar-refractivity contribution in [3.8, 4) is 5.75 Å². The van der Waals surface area contributed by atoms with Crippen LogP contribution in [0.3, 0.4) is 0 Å². The lowest BCUT2D eigenvalue weighted by Crippen LogP contribution is -2.35. The summed E-state index contributed by atoms with van der Waals surface area (Å²) in [6.45, 7) is 5.58. The maximum Gasteiger partial charge on any atom is 0.253 e. The molecule has 0 unspecified atom stereocenters. The molecule has 3 aromatic carbocycles. The van der Waals surface area contributed by atoms with E-state index in [0.717, 1.165) is 45.5 Å². The molecule has 218 valence electrons. The number of tetrazole rings is 1. The number of pyridine rings is 1. The predicted octanol–water partition coefficient (Wildman–Crippen LogP) is 5.77. The molecule has 43 heavy (non-hydrogen) atoms. The van der Waals surface area contributed by atoms with Crippen molar-refractivity contribution in [3.63, 3.8) is 0 Å². The first-order valence-corrected chi connectivity index (χ1v) is 14.3. The van der Waals surface area contributed by atoms with Crippen LogP contribution >= 0.6 is 0 Å². The molecule has 1 atom stereocenters. The normalized spacial score (nSPS) is 12.2. The van der Waals surface area contributed by atoms with Gasteiger partial charge in [0, 0.05) is 24.2 Å². The standard InChI is InChI=1S/C34H34N6O3/c1-23-17-27-20-30(34(41)35-31(27)18-24(23)2)32(33-36-37-38-40(33)15-14-25-9-5-4-6-10-25)39(22-29-13-8-16-43-29)21-26-11-7-12-28(19-26)42-3/h4-13,16-20,32H,14-15,21-22H2,1-3H3,(H,35,41)/t32-/m0/s1. The Hall–Kier alpha value is -5.02. The zero-order valence-corrected chi connectivity index (χ0v) is 24.5. The van der Waals surface area contributed by atoms with Crippen LogP contribution in [0.2, 0.25) is 0 Å². The number of ether oxygens (including phenoxy) is 1. The van der Waals surface area contributed by atoms with Crippen molar-refractivity contribution in [1.82, 2.24) is 30.1 Å². The van der Waals surface area contributed by atoms with Gasteiger partial charge >= 0.3 is 0 Å². The molecule has 0 fully saturated rings. The number of methoxy groups -OCH3 is 1. The number of rotatable bonds is 11. The van der Waals surface area contributed by atoms with Crippen LogP contribution in [0, 0.1) is 13.8 Å². The molecule has 3 heterocycles. The van der Waals surface area contributed by atoms with Crippen molar-refractivity contribution in [1.29, 1.82) is 0 Å². The van der Waals surface area contributed by atoms with Gasteiger partial charge in [-0.05, 0) is 101 Å². The monoisotopic (exact) mass is 574 g/mol. The largest absolute Gasteiger partial charge is 0.497 e. The average Bonchev–Trinajstić information content (AvgIpc) is 3.71. The molecule has 0 amide bonds. The highest BCUT2D eigenvalue weighted by atomic mass is 16.5. The van der Waals surface area contributed by atoms with Crippen molar-refractivity contribution in [2.24, 2.45) is 0 Å². The quantitative estimate of drug-likeness (QED) is 0.210. The van der Waals surface area contributed by atoms with Gasteiger partial charge in [0.1, 0.15) is 17.6 Å². The Morgan fingerprint density at radius 1 is 0.930 bits per heavy atom. The number of benzene rings is 3. The molecule has 9 heteroatoms. The number of nitrogens with zero attached hydrogens (tertiary/aromatic N) is 5. The molecule has 9 nitrogen and oxygen atoms in total. The van der Waals surface area contributed by atoms with Crippen molar-refractivity contribution >= 4 is 10.9 Å². The van der Waals surface area contributed by atoms with Gasteiger partial charge in [-0.2, -0.15) is 0 Å². The van der Waals surface area contributed by atoms with Gasteiger partial charge in [-0.1, -0.05) is 42.5 Å². The fraction of sp³-hybridized carbons (Fsp3) is 0.235. The maximum absolute atomic E-state index is 13.9. The van der Waals surface area contributed by atoms with Crippen molar-refractivity contribution in [2.75, 3.05) is 7.11 Å². The lowest BCUT2D eigenvalue weighted by atomic mass is 10.00. The molecule has 0 aliphatic carbocycles. The van der Waals surface area contributed by atoms with Gasteiger partial charge in [-0.3, -0.25) is 9.69 Å². The zero-order valence-electron chi connectivity index (χ0n) is 24.5. The number of fused-ring (bicyclic) bond motifs is 1. The van der Waals surface area contributed by atoms with E-state index in [0.29, 0.717) is 31.0 Å². The number of hydrogen-bond donors (Lipinski definition) is 1. The first kappa shape index (κ1) is 28.1. The number of hydrogen-bond acceptors (Lipinski definition) is 7. The molecule has 0 aliphatic heterocycles. The lowest BCUT2D eigenvalue weighted by molar-refractivity contribution is 0.178. The van der Waals surface area contributed by atoms with Crippen LogP contribution in [-0.2, 0) is 26.1 Å². The molecule has 3 aromatic heterocycles. The molecule has 0 spiro atoms. The van der Waals surface area contributed by atoms with Gasteiger partial charge in [0.05, 0.1) is 19.9 Å². The van der Waals surface area contributed by atoms with Crippen LogP contribution < -0.4 is 10.3 Å². The predicted molar refractivity (Wildman–Crippen MR) is 165 cm³/mol. The summed E-state index contributed by atoms with van der Waals surface area (Å²) in [5, 5.41) is 14.0. The van der Waals surface area contributed by atoms with Crippen LogP contribution in [0.25, 0.3) is 10.9 Å². The summed E-state index contributed by atoms with van der Waals surface area (Å²) in [6, 6.07) is 27.5. The Morgan fingerprint density at radius 3 is 2.53 bits per heavy atom. The van der Waals surface area contributed by atoms with Crippen LogP contribution in [0.5, 0.6) is 5.75 Å². The van der Waals surface area contributed by atoms with Crippen molar-refractivity contribution in [3.05, 3.63) is 141 Å². The van der Waals surface area contributed by atoms with Crippen molar-refractivity contribution < 1.29 is 9.15 Å². The van der Waals surface area contributed by atoms with Gasteiger partial charge in [-0.15, -0.1) is 5.10 Å². The Bertz CT molecular complexity index is 1880. The molecular formula is C34H34N6O3. The molecular weight excluding hydrogens is 540 g/mol. The van der Waals surface area contributed by atoms with E-state index in [9.17, 15) is 4.79 Å². The van der Waals surface area contributed by atoms with E-state index in [1.54, 1.807) is 13.4 Å². The van der Waals surface area contributed by atoms with Gasteiger partial charge in [0.2, 0.25) is 0 Å².